The molecule has 3 heterocycles. The molecule has 2 aromatic carbocycles. The lowest BCUT2D eigenvalue weighted by atomic mass is 9.77. The monoisotopic (exact) mass is 554 g/mol. The van der Waals surface area contributed by atoms with Crippen molar-refractivity contribution in [1.82, 2.24) is 14.3 Å². The third-order valence-electron chi connectivity index (χ3n) is 7.71. The molecule has 0 amide bonds. The summed E-state index contributed by atoms with van der Waals surface area (Å²) in [5.74, 6) is 0.893. The third kappa shape index (κ3) is 5.32. The second kappa shape index (κ2) is 10.4. The fourth-order valence-corrected chi connectivity index (χ4v) is 6.34. The minimum absolute atomic E-state index is 0.0149. The van der Waals surface area contributed by atoms with Crippen molar-refractivity contribution in [3.05, 3.63) is 70.6 Å². The highest BCUT2D eigenvalue weighted by atomic mass is 35.5. The quantitative estimate of drug-likeness (QED) is 0.448. The van der Waals surface area contributed by atoms with Crippen LogP contribution in [0.5, 0.6) is 0 Å². The summed E-state index contributed by atoms with van der Waals surface area (Å²) in [5, 5.41) is 4.28. The molecule has 0 bridgehead atoms. The Morgan fingerprint density at radius 3 is 2.63 bits per heavy atom. The van der Waals surface area contributed by atoms with Gasteiger partial charge in [-0.2, -0.15) is 0 Å². The highest BCUT2D eigenvalue weighted by molar-refractivity contribution is 7.89. The Bertz CT molecular complexity index is 1440. The molecule has 38 heavy (non-hydrogen) atoms. The molecule has 0 saturated carbocycles. The molecule has 10 heteroatoms. The minimum atomic E-state index is -3.28. The van der Waals surface area contributed by atoms with Gasteiger partial charge < -0.3 is 15.1 Å². The van der Waals surface area contributed by atoms with Crippen molar-refractivity contribution < 1.29 is 8.42 Å². The van der Waals surface area contributed by atoms with Gasteiger partial charge in [-0.25, -0.2) is 22.7 Å². The van der Waals surface area contributed by atoms with Crippen molar-refractivity contribution in [1.29, 1.82) is 0 Å². The Kier molecular flexibility index (Phi) is 7.28. The molecule has 1 aromatic heterocycles. The lowest BCUT2D eigenvalue weighted by molar-refractivity contribution is 0.455. The SMILES string of the molecule is CN(C)S(=O)(=O)CCN1CCC(C)(C)c2ccc(Nc3ncnc4c3CCN(c3ccccc3Cl)C4)cc21. The summed E-state index contributed by atoms with van der Waals surface area (Å²) >= 11 is 6.45. The van der Waals surface area contributed by atoms with Gasteiger partial charge in [0.15, 0.2) is 0 Å². The zero-order chi connectivity index (χ0) is 27.1. The molecule has 2 aliphatic rings. The van der Waals surface area contributed by atoms with E-state index in [1.165, 1.54) is 9.87 Å². The zero-order valence-electron chi connectivity index (χ0n) is 22.4. The summed E-state index contributed by atoms with van der Waals surface area (Å²) < 4.78 is 26.2. The highest BCUT2D eigenvalue weighted by Crippen LogP contribution is 2.41. The molecule has 1 N–H and O–H groups in total. The summed E-state index contributed by atoms with van der Waals surface area (Å²) in [6.45, 7) is 7.26. The molecular formula is C28H35ClN6O2S. The molecule has 5 rings (SSSR count). The van der Waals surface area contributed by atoms with Crippen molar-refractivity contribution in [2.45, 2.75) is 38.6 Å². The number of sulfonamides is 1. The maximum absolute atomic E-state index is 12.5. The Morgan fingerprint density at radius 2 is 1.87 bits per heavy atom. The molecule has 0 atom stereocenters. The number of hydrogen-bond acceptors (Lipinski definition) is 7. The fourth-order valence-electron chi connectivity index (χ4n) is 5.27. The van der Waals surface area contributed by atoms with Gasteiger partial charge in [-0.15, -0.1) is 0 Å². The summed E-state index contributed by atoms with van der Waals surface area (Å²) in [7, 11) is -0.110. The molecule has 0 unspecified atom stereocenters. The number of halogens is 1. The second-order valence-corrected chi connectivity index (χ2v) is 13.6. The van der Waals surface area contributed by atoms with Gasteiger partial charge in [0.05, 0.1) is 28.7 Å². The number of nitrogens with one attached hydrogen (secondary N) is 1. The largest absolute Gasteiger partial charge is 0.370 e. The number of para-hydroxylation sites is 1. The van der Waals surface area contributed by atoms with Gasteiger partial charge in [0.25, 0.3) is 0 Å². The molecule has 3 aromatic rings. The van der Waals surface area contributed by atoms with Crippen LogP contribution in [0.15, 0.2) is 48.8 Å². The van der Waals surface area contributed by atoms with Crippen LogP contribution >= 0.6 is 11.6 Å². The molecule has 0 aliphatic carbocycles. The van der Waals surface area contributed by atoms with E-state index >= 15 is 0 Å². The van der Waals surface area contributed by atoms with Crippen molar-refractivity contribution in [3.63, 3.8) is 0 Å². The van der Waals surface area contributed by atoms with Crippen molar-refractivity contribution in [3.8, 4) is 0 Å². The molecule has 0 radical (unpaired) electrons. The van der Waals surface area contributed by atoms with Crippen LogP contribution in [0, 0.1) is 0 Å². The summed E-state index contributed by atoms with van der Waals surface area (Å²) in [6.07, 6.45) is 3.38. The number of aromatic nitrogens is 2. The van der Waals surface area contributed by atoms with Crippen LogP contribution in [-0.2, 0) is 28.4 Å². The van der Waals surface area contributed by atoms with Gasteiger partial charge in [0.2, 0.25) is 10.0 Å². The Balaban J connectivity index is 1.40. The van der Waals surface area contributed by atoms with Crippen LogP contribution in [-0.4, -0.2) is 62.2 Å². The first-order chi connectivity index (χ1) is 18.0. The van der Waals surface area contributed by atoms with E-state index in [2.05, 4.69) is 57.1 Å². The normalized spacial score (nSPS) is 16.8. The van der Waals surface area contributed by atoms with E-state index in [1.54, 1.807) is 20.4 Å². The van der Waals surface area contributed by atoms with Crippen molar-refractivity contribution >= 4 is 44.5 Å². The van der Waals surface area contributed by atoms with Crippen LogP contribution in [0.1, 0.15) is 37.1 Å². The van der Waals surface area contributed by atoms with Crippen LogP contribution < -0.4 is 15.1 Å². The number of fused-ring (bicyclic) bond motifs is 2. The van der Waals surface area contributed by atoms with Crippen molar-refractivity contribution in [2.75, 3.05) is 54.6 Å². The van der Waals surface area contributed by atoms with Crippen molar-refractivity contribution in [2.24, 2.45) is 0 Å². The molecule has 8 nitrogen and oxygen atoms in total. The average molecular weight is 555 g/mol. The van der Waals surface area contributed by atoms with Crippen LogP contribution in [0.4, 0.5) is 22.9 Å². The minimum Gasteiger partial charge on any atom is -0.370 e. The van der Waals surface area contributed by atoms with E-state index in [0.717, 1.165) is 65.1 Å². The molecule has 202 valence electrons. The summed E-state index contributed by atoms with van der Waals surface area (Å²) in [6, 6.07) is 14.3. The smallest absolute Gasteiger partial charge is 0.215 e. The standard InChI is InChI=1S/C28H35ClN6O2S/c1-28(2)12-14-34(15-16-38(36,37)33(3)4)26-17-20(9-10-22(26)28)32-27-21-11-13-35(18-24(21)30-19-31-27)25-8-6-5-7-23(25)29/h5-10,17,19H,11-16,18H2,1-4H3,(H,30,31,32). The topological polar surface area (TPSA) is 81.7 Å². The van der Waals surface area contributed by atoms with Gasteiger partial charge in [-0.1, -0.05) is 43.6 Å². The van der Waals surface area contributed by atoms with Crippen LogP contribution in [0.3, 0.4) is 0 Å². The van der Waals surface area contributed by atoms with E-state index in [0.29, 0.717) is 13.1 Å². The molecule has 0 fully saturated rings. The predicted octanol–water partition coefficient (Wildman–Crippen LogP) is 4.82. The van der Waals surface area contributed by atoms with Crippen LogP contribution in [0.25, 0.3) is 0 Å². The Hall–Kier alpha value is -2.88. The van der Waals surface area contributed by atoms with Gasteiger partial charge in [-0.3, -0.25) is 0 Å². The molecule has 0 spiro atoms. The molecule has 0 saturated heterocycles. The second-order valence-electron chi connectivity index (χ2n) is 10.8. The lowest BCUT2D eigenvalue weighted by Crippen LogP contribution is -2.41. The third-order valence-corrected chi connectivity index (χ3v) is 9.84. The summed E-state index contributed by atoms with van der Waals surface area (Å²) in [5.41, 5.74) is 6.37. The van der Waals surface area contributed by atoms with E-state index < -0.39 is 10.0 Å². The van der Waals surface area contributed by atoms with Gasteiger partial charge in [-0.05, 0) is 48.1 Å². The number of anilines is 4. The molecular weight excluding hydrogens is 520 g/mol. The molecule has 2 aliphatic heterocycles. The van der Waals surface area contributed by atoms with E-state index in [4.69, 9.17) is 11.6 Å². The van der Waals surface area contributed by atoms with E-state index in [-0.39, 0.29) is 11.2 Å². The maximum atomic E-state index is 12.5. The maximum Gasteiger partial charge on any atom is 0.215 e. The zero-order valence-corrected chi connectivity index (χ0v) is 24.0. The summed E-state index contributed by atoms with van der Waals surface area (Å²) in [4.78, 5) is 13.6. The Labute approximate surface area is 230 Å². The number of nitrogens with zero attached hydrogens (tertiary/aromatic N) is 5. The van der Waals surface area contributed by atoms with Gasteiger partial charge in [0.1, 0.15) is 12.1 Å². The number of rotatable bonds is 7. The van der Waals surface area contributed by atoms with Gasteiger partial charge >= 0.3 is 0 Å². The number of hydrogen-bond donors (Lipinski definition) is 1. The first kappa shape index (κ1) is 26.7. The highest BCUT2D eigenvalue weighted by Gasteiger charge is 2.32. The first-order valence-electron chi connectivity index (χ1n) is 12.9. The predicted molar refractivity (Wildman–Crippen MR) is 155 cm³/mol. The Morgan fingerprint density at radius 1 is 1.08 bits per heavy atom. The first-order valence-corrected chi connectivity index (χ1v) is 14.9. The average Bonchev–Trinajstić information content (AvgIpc) is 2.88. The van der Waals surface area contributed by atoms with Crippen LogP contribution in [0.2, 0.25) is 5.02 Å². The number of benzene rings is 2. The fraction of sp³-hybridized carbons (Fsp3) is 0.429. The van der Waals surface area contributed by atoms with E-state index in [1.807, 2.05) is 24.3 Å². The lowest BCUT2D eigenvalue weighted by Gasteiger charge is -2.40. The van der Waals surface area contributed by atoms with E-state index in [9.17, 15) is 8.42 Å². The van der Waals surface area contributed by atoms with Gasteiger partial charge in [0, 0.05) is 50.7 Å².